The normalized spacial score (nSPS) is 10.6. The van der Waals surface area contributed by atoms with Crippen molar-refractivity contribution < 1.29 is 29.0 Å². The number of hydrogen-bond donors (Lipinski definition) is 0. The van der Waals surface area contributed by atoms with Crippen molar-refractivity contribution in [2.24, 2.45) is 0 Å². The van der Waals surface area contributed by atoms with Crippen molar-refractivity contribution in [3.63, 3.8) is 0 Å². The lowest BCUT2D eigenvalue weighted by molar-refractivity contribution is -0.386. The summed E-state index contributed by atoms with van der Waals surface area (Å²) in [5.41, 5.74) is 3.04. The van der Waals surface area contributed by atoms with Crippen LogP contribution in [0.15, 0.2) is 97.1 Å². The van der Waals surface area contributed by atoms with Gasteiger partial charge in [0.2, 0.25) is 0 Å². The third-order valence-corrected chi connectivity index (χ3v) is 12.2. The number of benzene rings is 4. The predicted octanol–water partition coefficient (Wildman–Crippen LogP) is 17.9. The van der Waals surface area contributed by atoms with Crippen molar-refractivity contribution in [1.29, 1.82) is 0 Å². The molecule has 0 saturated carbocycles. The smallest absolute Gasteiger partial charge is 0.310 e. The number of nitrogens with zero attached hydrogens (tertiary/aromatic N) is 3. The monoisotopic (exact) mass is 970 g/mol. The lowest BCUT2D eigenvalue weighted by Gasteiger charge is -2.06. The van der Waals surface area contributed by atoms with Gasteiger partial charge < -0.3 is 14.2 Å². The molecule has 0 atom stereocenters. The van der Waals surface area contributed by atoms with Crippen molar-refractivity contribution in [3.05, 3.63) is 139 Å². The van der Waals surface area contributed by atoms with Gasteiger partial charge >= 0.3 is 17.1 Å². The zero-order valence-electron chi connectivity index (χ0n) is 43.2. The van der Waals surface area contributed by atoms with Crippen LogP contribution < -0.4 is 14.2 Å². The second kappa shape index (κ2) is 41.3. The third-order valence-electron chi connectivity index (χ3n) is 12.2. The number of nitro benzene ring substituents is 3. The molecular formula is C58H87N3O9. The van der Waals surface area contributed by atoms with Crippen LogP contribution in [0.3, 0.4) is 0 Å². The molecule has 0 aromatic heterocycles. The molecule has 0 unspecified atom stereocenters. The van der Waals surface area contributed by atoms with Crippen molar-refractivity contribution >= 4 is 17.1 Å². The first kappa shape index (κ1) is 60.6. The van der Waals surface area contributed by atoms with Gasteiger partial charge in [-0.05, 0) is 67.9 Å². The summed E-state index contributed by atoms with van der Waals surface area (Å²) in [5.74, 6) is 1.12. The van der Waals surface area contributed by atoms with Gasteiger partial charge in [-0.25, -0.2) is 0 Å². The molecule has 0 N–H and O–H groups in total. The van der Waals surface area contributed by atoms with Gasteiger partial charge in [-0.2, -0.15) is 0 Å². The highest BCUT2D eigenvalue weighted by molar-refractivity contribution is 5.47. The van der Waals surface area contributed by atoms with Crippen molar-refractivity contribution in [2.45, 2.75) is 201 Å². The van der Waals surface area contributed by atoms with Crippen LogP contribution in [0.1, 0.15) is 199 Å². The number of hydrogen-bond acceptors (Lipinski definition) is 9. The molecule has 0 aliphatic rings. The van der Waals surface area contributed by atoms with E-state index in [1.165, 1.54) is 164 Å². The van der Waals surface area contributed by atoms with E-state index in [4.69, 9.17) is 14.2 Å². The highest BCUT2D eigenvalue weighted by atomic mass is 16.6. The van der Waals surface area contributed by atoms with Crippen LogP contribution in [0.25, 0.3) is 0 Å². The standard InChI is InChI=1S/C26H37NO3.C18H29NO3.C14H21NO3/c1-2-23-18-20-24(21-19-23)15-11-9-7-5-3-4-6-8-10-14-22-30-26-17-13-12-16-25(26)27(28)29;1-2-3-4-5-6-7-8-9-10-13-16-22-18-15-12-11-14-17(18)19(20)21;1-2-3-4-5-6-9-12-18-14-11-8-7-10-13(14)15(16)17/h12-13,16-21H,2-11,14-15,22H2,1H3;11-12,14-15H,2-10,13,16H2,1H3;7-8,10-11H,2-6,9,12H2,1H3. The first-order valence-electron chi connectivity index (χ1n) is 26.9. The third kappa shape index (κ3) is 29.5. The topological polar surface area (TPSA) is 157 Å². The van der Waals surface area contributed by atoms with Crippen LogP contribution in [-0.4, -0.2) is 34.6 Å². The summed E-state index contributed by atoms with van der Waals surface area (Å²) < 4.78 is 16.6. The Morgan fingerprint density at radius 3 is 0.871 bits per heavy atom. The van der Waals surface area contributed by atoms with E-state index >= 15 is 0 Å². The molecule has 0 bridgehead atoms. The predicted molar refractivity (Wildman–Crippen MR) is 287 cm³/mol. The van der Waals surface area contributed by atoms with Crippen LogP contribution in [0.4, 0.5) is 17.1 Å². The summed E-state index contributed by atoms with van der Waals surface area (Å²) in [6, 6.07) is 28.7. The Bertz CT molecular complexity index is 1940. The van der Waals surface area contributed by atoms with Gasteiger partial charge in [0.25, 0.3) is 0 Å². The number of para-hydroxylation sites is 6. The fraction of sp³-hybridized carbons (Fsp3) is 0.586. The lowest BCUT2D eigenvalue weighted by Crippen LogP contribution is -2.00. The molecule has 0 saturated heterocycles. The summed E-state index contributed by atoms with van der Waals surface area (Å²) in [6.07, 6.45) is 34.6. The van der Waals surface area contributed by atoms with Crippen LogP contribution in [0.5, 0.6) is 17.2 Å². The number of unbranched alkanes of at least 4 members (excludes halogenated alkanes) is 23. The second-order valence-corrected chi connectivity index (χ2v) is 18.1. The molecular weight excluding hydrogens is 883 g/mol. The second-order valence-electron chi connectivity index (χ2n) is 18.1. The summed E-state index contributed by atoms with van der Waals surface area (Å²) in [5, 5.41) is 32.6. The Labute approximate surface area is 420 Å². The van der Waals surface area contributed by atoms with E-state index < -0.39 is 9.85 Å². The number of aryl methyl sites for hydroxylation is 2. The number of ether oxygens (including phenoxy) is 3. The Hall–Kier alpha value is -5.52. The number of nitro groups is 3. The van der Waals surface area contributed by atoms with E-state index in [1.807, 2.05) is 0 Å². The van der Waals surface area contributed by atoms with Gasteiger partial charge in [0.15, 0.2) is 17.2 Å². The average Bonchev–Trinajstić information content (AvgIpc) is 3.37. The fourth-order valence-corrected chi connectivity index (χ4v) is 8.00. The molecule has 0 spiro atoms. The minimum absolute atomic E-state index is 0.0449. The maximum Gasteiger partial charge on any atom is 0.310 e. The van der Waals surface area contributed by atoms with E-state index in [0.717, 1.165) is 44.9 Å². The number of rotatable bonds is 38. The molecule has 0 aliphatic heterocycles. The molecule has 388 valence electrons. The van der Waals surface area contributed by atoms with E-state index in [-0.39, 0.29) is 22.0 Å². The largest absolute Gasteiger partial charge is 0.487 e. The molecule has 12 heteroatoms. The van der Waals surface area contributed by atoms with Gasteiger partial charge in [0.05, 0.1) is 34.6 Å². The Morgan fingerprint density at radius 2 is 0.586 bits per heavy atom. The first-order valence-corrected chi connectivity index (χ1v) is 26.9. The molecule has 4 aromatic carbocycles. The van der Waals surface area contributed by atoms with Crippen molar-refractivity contribution in [1.82, 2.24) is 0 Å². The molecule has 12 nitrogen and oxygen atoms in total. The Morgan fingerprint density at radius 1 is 0.329 bits per heavy atom. The SMILES string of the molecule is CCCCCCCCCCCCOc1ccccc1[N+](=O)[O-].CCCCCCCCOc1ccccc1[N+](=O)[O-].CCc1ccc(CCCCCCCCCCCCOc2ccccc2[N+](=O)[O-])cc1. The van der Waals surface area contributed by atoms with Gasteiger partial charge in [0, 0.05) is 18.2 Å². The highest BCUT2D eigenvalue weighted by Gasteiger charge is 2.15. The van der Waals surface area contributed by atoms with Gasteiger partial charge in [0.1, 0.15) is 0 Å². The first-order chi connectivity index (χ1) is 34.2. The molecule has 0 radical (unpaired) electrons. The molecule has 70 heavy (non-hydrogen) atoms. The molecule has 0 heterocycles. The van der Waals surface area contributed by atoms with E-state index in [0.29, 0.717) is 37.1 Å². The van der Waals surface area contributed by atoms with E-state index in [2.05, 4.69) is 45.0 Å². The zero-order chi connectivity index (χ0) is 50.7. The Kier molecular flexibility index (Phi) is 35.7. The summed E-state index contributed by atoms with van der Waals surface area (Å²) in [4.78, 5) is 31.4. The van der Waals surface area contributed by atoms with Gasteiger partial charge in [-0.15, -0.1) is 0 Å². The summed E-state index contributed by atoms with van der Waals surface area (Å²) in [6.45, 7) is 8.29. The van der Waals surface area contributed by atoms with Crippen molar-refractivity contribution in [2.75, 3.05) is 19.8 Å². The minimum Gasteiger partial charge on any atom is -0.487 e. The molecule has 0 fully saturated rings. The van der Waals surface area contributed by atoms with Crippen LogP contribution in [0.2, 0.25) is 0 Å². The quantitative estimate of drug-likeness (QED) is 0.0242. The summed E-state index contributed by atoms with van der Waals surface area (Å²) in [7, 11) is 0. The van der Waals surface area contributed by atoms with Crippen LogP contribution >= 0.6 is 0 Å². The van der Waals surface area contributed by atoms with Gasteiger partial charge in [-0.1, -0.05) is 223 Å². The van der Waals surface area contributed by atoms with Crippen molar-refractivity contribution in [3.8, 4) is 17.2 Å². The minimum atomic E-state index is -0.406. The molecule has 0 amide bonds. The molecule has 4 rings (SSSR count). The fourth-order valence-electron chi connectivity index (χ4n) is 8.00. The molecule has 4 aromatic rings. The lowest BCUT2D eigenvalue weighted by atomic mass is 10.0. The van der Waals surface area contributed by atoms with E-state index in [1.54, 1.807) is 54.6 Å². The Balaban J connectivity index is 0.000000374. The highest BCUT2D eigenvalue weighted by Crippen LogP contribution is 2.28. The molecule has 0 aliphatic carbocycles. The average molecular weight is 970 g/mol. The van der Waals surface area contributed by atoms with Crippen LogP contribution in [-0.2, 0) is 12.8 Å². The maximum atomic E-state index is 11.0. The van der Waals surface area contributed by atoms with E-state index in [9.17, 15) is 30.3 Å². The van der Waals surface area contributed by atoms with Crippen LogP contribution in [0, 0.1) is 30.3 Å². The summed E-state index contributed by atoms with van der Waals surface area (Å²) >= 11 is 0. The maximum absolute atomic E-state index is 11.0. The van der Waals surface area contributed by atoms with Gasteiger partial charge in [-0.3, -0.25) is 30.3 Å². The zero-order valence-corrected chi connectivity index (χ0v) is 43.2.